The summed E-state index contributed by atoms with van der Waals surface area (Å²) in [5.41, 5.74) is 17.7. The molecule has 10 rings (SSSR count). The zero-order valence-electron chi connectivity index (χ0n) is 30.9. The van der Waals surface area contributed by atoms with Crippen LogP contribution in [0.2, 0.25) is 0 Å². The number of para-hydroxylation sites is 4. The van der Waals surface area contributed by atoms with Crippen LogP contribution in [0.3, 0.4) is 0 Å². The van der Waals surface area contributed by atoms with E-state index < -0.39 is 0 Å². The van der Waals surface area contributed by atoms with Crippen molar-refractivity contribution in [2.75, 3.05) is 9.80 Å². The maximum atomic E-state index is 2.59. The summed E-state index contributed by atoms with van der Waals surface area (Å²) in [4.78, 5) is 5.07. The highest BCUT2D eigenvalue weighted by Crippen LogP contribution is 2.60. The summed E-state index contributed by atoms with van der Waals surface area (Å²) in [6.07, 6.45) is 4.25. The first-order chi connectivity index (χ1) is 27.3. The molecule has 0 saturated heterocycles. The Balaban J connectivity index is 1.25. The standard InChI is InChI=1S/C53H42N2/c1-6-19-39(20-7-1)46-31-18-32-47(40-21-8-2-9-22-40)52(46)55(45-29-14-5-15-30-45)49-34-17-24-42-36-38-53(51(42)49)37-35-41-23-16-33-48(50(41)53)54(43-25-10-3-11-26-43)44-27-12-4-13-28-44/h1-34H,35-38H2/t53-/m1/s1. The summed E-state index contributed by atoms with van der Waals surface area (Å²) in [6, 6.07) is 75.5. The van der Waals surface area contributed by atoms with Crippen LogP contribution in [-0.2, 0) is 18.3 Å². The second kappa shape index (κ2) is 14.0. The highest BCUT2D eigenvalue weighted by atomic mass is 15.2. The van der Waals surface area contributed by atoms with Crippen molar-refractivity contribution in [3.63, 3.8) is 0 Å². The normalized spacial score (nSPS) is 15.4. The van der Waals surface area contributed by atoms with Gasteiger partial charge >= 0.3 is 0 Å². The monoisotopic (exact) mass is 706 g/mol. The highest BCUT2D eigenvalue weighted by molar-refractivity contribution is 5.98. The molecule has 0 radical (unpaired) electrons. The lowest BCUT2D eigenvalue weighted by atomic mass is 9.74. The Morgan fingerprint density at radius 1 is 0.327 bits per heavy atom. The fraction of sp³-hybridized carbons (Fsp3) is 0.0943. The fourth-order valence-corrected chi connectivity index (χ4v) is 9.55. The van der Waals surface area contributed by atoms with Crippen molar-refractivity contribution in [1.29, 1.82) is 0 Å². The molecule has 2 nitrogen and oxygen atoms in total. The molecule has 2 aliphatic carbocycles. The summed E-state index contributed by atoms with van der Waals surface area (Å²) >= 11 is 0. The Morgan fingerprint density at radius 2 is 0.691 bits per heavy atom. The summed E-state index contributed by atoms with van der Waals surface area (Å²) in [5, 5.41) is 0. The van der Waals surface area contributed by atoms with Crippen molar-refractivity contribution >= 4 is 34.1 Å². The maximum Gasteiger partial charge on any atom is 0.0618 e. The number of nitrogens with zero attached hydrogens (tertiary/aromatic N) is 2. The van der Waals surface area contributed by atoms with Crippen LogP contribution in [0.25, 0.3) is 22.3 Å². The average Bonchev–Trinajstić information content (AvgIpc) is 3.84. The topological polar surface area (TPSA) is 6.48 Å². The molecule has 1 atom stereocenters. The molecule has 55 heavy (non-hydrogen) atoms. The van der Waals surface area contributed by atoms with Gasteiger partial charge in [-0.25, -0.2) is 0 Å². The van der Waals surface area contributed by atoms with E-state index in [4.69, 9.17) is 0 Å². The molecule has 0 aromatic heterocycles. The van der Waals surface area contributed by atoms with E-state index in [1.165, 1.54) is 72.9 Å². The van der Waals surface area contributed by atoms with Crippen LogP contribution >= 0.6 is 0 Å². The third-order valence-electron chi connectivity index (χ3n) is 11.8. The lowest BCUT2D eigenvalue weighted by molar-refractivity contribution is 0.508. The number of hydrogen-bond acceptors (Lipinski definition) is 2. The van der Waals surface area contributed by atoms with Crippen molar-refractivity contribution in [1.82, 2.24) is 0 Å². The van der Waals surface area contributed by atoms with Gasteiger partial charge in [0.25, 0.3) is 0 Å². The van der Waals surface area contributed by atoms with E-state index in [0.29, 0.717) is 0 Å². The molecule has 1 spiro atoms. The minimum absolute atomic E-state index is 0.165. The quantitative estimate of drug-likeness (QED) is 0.155. The van der Waals surface area contributed by atoms with Gasteiger partial charge in [-0.1, -0.05) is 158 Å². The van der Waals surface area contributed by atoms with Crippen LogP contribution in [0.15, 0.2) is 206 Å². The molecule has 2 heteroatoms. The van der Waals surface area contributed by atoms with Crippen LogP contribution < -0.4 is 9.80 Å². The van der Waals surface area contributed by atoms with Gasteiger partial charge < -0.3 is 9.80 Å². The fourth-order valence-electron chi connectivity index (χ4n) is 9.55. The van der Waals surface area contributed by atoms with Gasteiger partial charge in [-0.3, -0.25) is 0 Å². The van der Waals surface area contributed by atoms with Gasteiger partial charge in [-0.05, 0) is 108 Å². The second-order valence-corrected chi connectivity index (χ2v) is 14.8. The average molecular weight is 707 g/mol. The van der Waals surface area contributed by atoms with Crippen LogP contribution in [0.4, 0.5) is 34.1 Å². The minimum Gasteiger partial charge on any atom is -0.310 e. The van der Waals surface area contributed by atoms with Gasteiger partial charge in [0.15, 0.2) is 0 Å². The van der Waals surface area contributed by atoms with E-state index >= 15 is 0 Å². The highest BCUT2D eigenvalue weighted by Gasteiger charge is 2.49. The molecular formula is C53H42N2. The molecule has 0 bridgehead atoms. The van der Waals surface area contributed by atoms with E-state index in [1.807, 2.05) is 0 Å². The van der Waals surface area contributed by atoms with Crippen molar-refractivity contribution in [2.45, 2.75) is 31.1 Å². The van der Waals surface area contributed by atoms with Crippen molar-refractivity contribution < 1.29 is 0 Å². The van der Waals surface area contributed by atoms with E-state index in [1.54, 1.807) is 0 Å². The predicted molar refractivity (Wildman–Crippen MR) is 231 cm³/mol. The van der Waals surface area contributed by atoms with Gasteiger partial charge in [0.2, 0.25) is 0 Å². The summed E-state index contributed by atoms with van der Waals surface area (Å²) in [5.74, 6) is 0. The third-order valence-corrected chi connectivity index (χ3v) is 11.8. The summed E-state index contributed by atoms with van der Waals surface area (Å²) in [6.45, 7) is 0. The Morgan fingerprint density at radius 3 is 1.13 bits per heavy atom. The maximum absolute atomic E-state index is 2.59. The summed E-state index contributed by atoms with van der Waals surface area (Å²) < 4.78 is 0. The largest absolute Gasteiger partial charge is 0.310 e. The van der Waals surface area contributed by atoms with E-state index in [0.717, 1.165) is 31.4 Å². The Hall–Kier alpha value is -6.64. The van der Waals surface area contributed by atoms with E-state index in [-0.39, 0.29) is 5.41 Å². The molecule has 0 unspecified atom stereocenters. The molecule has 0 aliphatic heterocycles. The van der Waals surface area contributed by atoms with Crippen molar-refractivity contribution in [2.24, 2.45) is 0 Å². The van der Waals surface area contributed by atoms with Gasteiger partial charge in [0.1, 0.15) is 0 Å². The van der Waals surface area contributed by atoms with Crippen LogP contribution in [-0.4, -0.2) is 0 Å². The minimum atomic E-state index is -0.165. The zero-order chi connectivity index (χ0) is 36.6. The molecule has 0 amide bonds. The molecule has 264 valence electrons. The van der Waals surface area contributed by atoms with Crippen LogP contribution in [0.5, 0.6) is 0 Å². The van der Waals surface area contributed by atoms with Crippen LogP contribution in [0.1, 0.15) is 35.1 Å². The number of anilines is 6. The van der Waals surface area contributed by atoms with Gasteiger partial charge in [-0.2, -0.15) is 0 Å². The first-order valence-electron chi connectivity index (χ1n) is 19.5. The van der Waals surface area contributed by atoms with E-state index in [9.17, 15) is 0 Å². The van der Waals surface area contributed by atoms with Gasteiger partial charge in [-0.15, -0.1) is 0 Å². The Labute approximate surface area is 324 Å². The molecule has 2 aliphatic rings. The Kier molecular flexibility index (Phi) is 8.37. The molecule has 8 aromatic rings. The molecular weight excluding hydrogens is 665 g/mol. The molecule has 0 fully saturated rings. The van der Waals surface area contributed by atoms with Gasteiger partial charge in [0, 0.05) is 33.6 Å². The molecule has 0 N–H and O–H groups in total. The summed E-state index contributed by atoms with van der Waals surface area (Å²) in [7, 11) is 0. The third kappa shape index (κ3) is 5.65. The number of rotatable bonds is 8. The molecule has 8 aromatic carbocycles. The van der Waals surface area contributed by atoms with Crippen molar-refractivity contribution in [3.05, 3.63) is 229 Å². The number of benzene rings is 8. The predicted octanol–water partition coefficient (Wildman–Crippen LogP) is 14.1. The lowest BCUT2D eigenvalue weighted by Gasteiger charge is -2.38. The number of aryl methyl sites for hydroxylation is 2. The first-order valence-corrected chi connectivity index (χ1v) is 19.5. The van der Waals surface area contributed by atoms with Crippen molar-refractivity contribution in [3.8, 4) is 22.3 Å². The van der Waals surface area contributed by atoms with Gasteiger partial charge in [0.05, 0.1) is 17.1 Å². The molecule has 0 saturated carbocycles. The number of fused-ring (bicyclic) bond motifs is 4. The second-order valence-electron chi connectivity index (χ2n) is 14.8. The Bertz CT molecular complexity index is 2480. The number of hydrogen-bond donors (Lipinski definition) is 0. The van der Waals surface area contributed by atoms with Crippen LogP contribution in [0, 0.1) is 0 Å². The zero-order valence-corrected chi connectivity index (χ0v) is 30.9. The SMILES string of the molecule is c1ccc(-c2cccc(-c3ccccc3)c2N(c2ccccc2)c2cccc3c2[C@]2(CCc4cccc(N(c5ccccc5)c5ccccc5)c42)CC3)cc1. The molecule has 0 heterocycles. The van der Waals surface area contributed by atoms with E-state index in [2.05, 4.69) is 216 Å². The first kappa shape index (κ1) is 33.0. The lowest BCUT2D eigenvalue weighted by Crippen LogP contribution is -2.27. The smallest absolute Gasteiger partial charge is 0.0618 e.